The smallest absolute Gasteiger partial charge is 0.189 e. The molecule has 1 unspecified atom stereocenters. The van der Waals surface area contributed by atoms with Crippen molar-refractivity contribution in [3.8, 4) is 0 Å². The maximum atomic E-state index is 4.54. The maximum absolute atomic E-state index is 4.54. The van der Waals surface area contributed by atoms with Crippen molar-refractivity contribution in [2.24, 2.45) is 0 Å². The topological polar surface area (TPSA) is 28.2 Å². The number of nitrogens with one attached hydrogen (secondary N) is 1. The van der Waals surface area contributed by atoms with E-state index < -0.39 is 0 Å². The standard InChI is InChI=1S/C15H21N3S/c1-5-16-12(3)14-10-17-15(19-14)18(4)13-9-7-6-8-11(13)2/h6-10,12,16H,5H2,1-4H3. The fourth-order valence-corrected chi connectivity index (χ4v) is 3.00. The molecule has 0 aliphatic carbocycles. The van der Waals surface area contributed by atoms with Gasteiger partial charge >= 0.3 is 0 Å². The van der Waals surface area contributed by atoms with E-state index in [9.17, 15) is 0 Å². The van der Waals surface area contributed by atoms with Gasteiger partial charge in [0.25, 0.3) is 0 Å². The molecule has 0 saturated heterocycles. The number of aryl methyl sites for hydroxylation is 1. The number of thiazole rings is 1. The SMILES string of the molecule is CCNC(C)c1cnc(N(C)c2ccccc2C)s1. The average molecular weight is 275 g/mol. The molecule has 0 spiro atoms. The Morgan fingerprint density at radius 3 is 2.79 bits per heavy atom. The van der Waals surface area contributed by atoms with Gasteiger partial charge in [0.1, 0.15) is 0 Å². The summed E-state index contributed by atoms with van der Waals surface area (Å²) in [4.78, 5) is 7.97. The molecule has 0 fully saturated rings. The Kier molecular flexibility index (Phi) is 4.56. The number of nitrogens with zero attached hydrogens (tertiary/aromatic N) is 2. The molecule has 1 aromatic heterocycles. The molecule has 102 valence electrons. The zero-order valence-electron chi connectivity index (χ0n) is 12.0. The van der Waals surface area contributed by atoms with E-state index in [0.717, 1.165) is 11.7 Å². The predicted molar refractivity (Wildman–Crippen MR) is 83.4 cm³/mol. The van der Waals surface area contributed by atoms with Crippen molar-refractivity contribution in [2.75, 3.05) is 18.5 Å². The van der Waals surface area contributed by atoms with Crippen molar-refractivity contribution in [3.05, 3.63) is 40.9 Å². The van der Waals surface area contributed by atoms with Gasteiger partial charge in [-0.1, -0.05) is 36.5 Å². The van der Waals surface area contributed by atoms with Crippen LogP contribution in [0.25, 0.3) is 0 Å². The minimum atomic E-state index is 0.363. The van der Waals surface area contributed by atoms with E-state index in [1.807, 2.05) is 6.20 Å². The van der Waals surface area contributed by atoms with Crippen molar-refractivity contribution in [3.63, 3.8) is 0 Å². The third kappa shape index (κ3) is 3.14. The zero-order chi connectivity index (χ0) is 13.8. The summed E-state index contributed by atoms with van der Waals surface area (Å²) >= 11 is 1.74. The van der Waals surface area contributed by atoms with Crippen molar-refractivity contribution < 1.29 is 0 Å². The van der Waals surface area contributed by atoms with E-state index >= 15 is 0 Å². The van der Waals surface area contributed by atoms with Gasteiger partial charge in [0.05, 0.1) is 0 Å². The second-order valence-corrected chi connectivity index (χ2v) is 5.71. The molecule has 1 aromatic carbocycles. The molecule has 19 heavy (non-hydrogen) atoms. The van der Waals surface area contributed by atoms with Crippen LogP contribution >= 0.6 is 11.3 Å². The highest BCUT2D eigenvalue weighted by Gasteiger charge is 2.13. The minimum Gasteiger partial charge on any atom is -0.321 e. The van der Waals surface area contributed by atoms with Gasteiger partial charge in [-0.05, 0) is 32.0 Å². The number of para-hydroxylation sites is 1. The quantitative estimate of drug-likeness (QED) is 0.897. The van der Waals surface area contributed by atoms with Gasteiger partial charge in [-0.15, -0.1) is 0 Å². The Bertz CT molecular complexity index is 536. The van der Waals surface area contributed by atoms with E-state index in [-0.39, 0.29) is 0 Å². The van der Waals surface area contributed by atoms with Crippen LogP contribution in [0.15, 0.2) is 30.5 Å². The van der Waals surface area contributed by atoms with E-state index in [0.29, 0.717) is 6.04 Å². The van der Waals surface area contributed by atoms with Crippen molar-refractivity contribution >= 4 is 22.2 Å². The van der Waals surface area contributed by atoms with Crippen LogP contribution in [0.2, 0.25) is 0 Å². The van der Waals surface area contributed by atoms with E-state index in [4.69, 9.17) is 0 Å². The van der Waals surface area contributed by atoms with Crippen molar-refractivity contribution in [2.45, 2.75) is 26.8 Å². The van der Waals surface area contributed by atoms with Crippen LogP contribution in [-0.4, -0.2) is 18.6 Å². The summed E-state index contributed by atoms with van der Waals surface area (Å²) in [6.07, 6.45) is 1.97. The highest BCUT2D eigenvalue weighted by Crippen LogP contribution is 2.32. The third-order valence-corrected chi connectivity index (χ3v) is 4.47. The lowest BCUT2D eigenvalue weighted by Crippen LogP contribution is -2.16. The molecular weight excluding hydrogens is 254 g/mol. The van der Waals surface area contributed by atoms with Gasteiger partial charge in [-0.3, -0.25) is 0 Å². The highest BCUT2D eigenvalue weighted by molar-refractivity contribution is 7.15. The Hall–Kier alpha value is -1.39. The van der Waals surface area contributed by atoms with Gasteiger partial charge < -0.3 is 10.2 Å². The first-order valence-electron chi connectivity index (χ1n) is 6.62. The number of benzene rings is 1. The van der Waals surface area contributed by atoms with Crippen LogP contribution in [-0.2, 0) is 0 Å². The molecule has 1 heterocycles. The first-order valence-corrected chi connectivity index (χ1v) is 7.43. The van der Waals surface area contributed by atoms with Crippen molar-refractivity contribution in [1.29, 1.82) is 0 Å². The molecular formula is C15H21N3S. The highest BCUT2D eigenvalue weighted by atomic mass is 32.1. The molecule has 2 aromatic rings. The summed E-state index contributed by atoms with van der Waals surface area (Å²) < 4.78 is 0. The van der Waals surface area contributed by atoms with E-state index in [2.05, 4.69) is 67.3 Å². The normalized spacial score (nSPS) is 12.4. The average Bonchev–Trinajstić information content (AvgIpc) is 2.88. The van der Waals surface area contributed by atoms with Crippen LogP contribution in [0.3, 0.4) is 0 Å². The Labute approximate surface area is 119 Å². The van der Waals surface area contributed by atoms with Gasteiger partial charge in [0.2, 0.25) is 0 Å². The molecule has 3 nitrogen and oxygen atoms in total. The van der Waals surface area contributed by atoms with Gasteiger partial charge in [0, 0.05) is 29.9 Å². The summed E-state index contributed by atoms with van der Waals surface area (Å²) in [6.45, 7) is 7.40. The first kappa shape index (κ1) is 14.0. The van der Waals surface area contributed by atoms with Gasteiger partial charge in [0.15, 0.2) is 5.13 Å². The molecule has 0 aliphatic rings. The van der Waals surface area contributed by atoms with Crippen LogP contribution in [0.4, 0.5) is 10.8 Å². The minimum absolute atomic E-state index is 0.363. The lowest BCUT2D eigenvalue weighted by Gasteiger charge is -2.18. The van der Waals surface area contributed by atoms with E-state index in [1.54, 1.807) is 11.3 Å². The molecule has 2 rings (SSSR count). The third-order valence-electron chi connectivity index (χ3n) is 3.21. The summed E-state index contributed by atoms with van der Waals surface area (Å²) in [5.41, 5.74) is 2.47. The van der Waals surface area contributed by atoms with E-state index in [1.165, 1.54) is 16.1 Å². The fourth-order valence-electron chi connectivity index (χ4n) is 2.08. The number of aromatic nitrogens is 1. The van der Waals surface area contributed by atoms with Crippen LogP contribution in [0.5, 0.6) is 0 Å². The number of hydrogen-bond acceptors (Lipinski definition) is 4. The molecule has 0 bridgehead atoms. The molecule has 0 radical (unpaired) electrons. The Morgan fingerprint density at radius 2 is 2.11 bits per heavy atom. The first-order chi connectivity index (χ1) is 9.13. The molecule has 0 aliphatic heterocycles. The molecule has 1 atom stereocenters. The summed E-state index contributed by atoms with van der Waals surface area (Å²) in [7, 11) is 2.07. The molecule has 0 amide bonds. The van der Waals surface area contributed by atoms with Crippen LogP contribution in [0.1, 0.15) is 30.3 Å². The second-order valence-electron chi connectivity index (χ2n) is 4.67. The van der Waals surface area contributed by atoms with Crippen LogP contribution < -0.4 is 10.2 Å². The lowest BCUT2D eigenvalue weighted by molar-refractivity contribution is 0.606. The second kappa shape index (κ2) is 6.17. The maximum Gasteiger partial charge on any atom is 0.189 e. The molecule has 4 heteroatoms. The number of anilines is 2. The summed E-state index contributed by atoms with van der Waals surface area (Å²) in [5.74, 6) is 0. The number of rotatable bonds is 5. The van der Waals surface area contributed by atoms with Crippen molar-refractivity contribution in [1.82, 2.24) is 10.3 Å². The Balaban J connectivity index is 2.21. The molecule has 1 N–H and O–H groups in total. The van der Waals surface area contributed by atoms with Gasteiger partial charge in [-0.25, -0.2) is 4.98 Å². The summed E-state index contributed by atoms with van der Waals surface area (Å²) in [6, 6.07) is 8.75. The predicted octanol–water partition coefficient (Wildman–Crippen LogP) is 3.89. The largest absolute Gasteiger partial charge is 0.321 e. The lowest BCUT2D eigenvalue weighted by atomic mass is 10.2. The monoisotopic (exact) mass is 275 g/mol. The van der Waals surface area contributed by atoms with Gasteiger partial charge in [-0.2, -0.15) is 0 Å². The fraction of sp³-hybridized carbons (Fsp3) is 0.400. The Morgan fingerprint density at radius 1 is 1.37 bits per heavy atom. The number of hydrogen-bond donors (Lipinski definition) is 1. The zero-order valence-corrected chi connectivity index (χ0v) is 12.8. The summed E-state index contributed by atoms with van der Waals surface area (Å²) in [5, 5.41) is 4.45. The van der Waals surface area contributed by atoms with Crippen LogP contribution in [0, 0.1) is 6.92 Å². The molecule has 0 saturated carbocycles.